The molecule has 0 unspecified atom stereocenters. The van der Waals surface area contributed by atoms with Crippen LogP contribution in [0.3, 0.4) is 0 Å². The standard InChI is InChI=1S/C49H63O4P/c1-43(2,3)31-21-29(22-32(25-31)44(4,5)6)35-17-19-37-39-41(35)52-54(50,51)53-42-36(30-23-33(45(7,8)9)26-34(24-30)46(10,11)12)18-20-38-40(42)49(39,27-47(37,13)14)28-48(38,15)16/h17-26H,27-28H2,1-16H3,(H,50,51). The topological polar surface area (TPSA) is 55.8 Å². The van der Waals surface area contributed by atoms with Crippen molar-refractivity contribution in [1.82, 2.24) is 0 Å². The van der Waals surface area contributed by atoms with E-state index in [1.165, 1.54) is 33.4 Å². The fourth-order valence-corrected chi connectivity index (χ4v) is 10.6. The molecule has 5 heteroatoms. The molecule has 0 fully saturated rings. The van der Waals surface area contributed by atoms with Crippen molar-refractivity contribution >= 4 is 7.82 Å². The number of benzene rings is 4. The summed E-state index contributed by atoms with van der Waals surface area (Å²) in [7, 11) is -4.72. The fourth-order valence-electron chi connectivity index (χ4n) is 9.68. The zero-order valence-electron chi connectivity index (χ0n) is 35.8. The lowest BCUT2D eigenvalue weighted by molar-refractivity contribution is 0.276. The van der Waals surface area contributed by atoms with Crippen LogP contribution in [0.15, 0.2) is 60.7 Å². The molecule has 1 aliphatic heterocycles. The van der Waals surface area contributed by atoms with Gasteiger partial charge in [-0.1, -0.05) is 171 Å². The number of phosphoric acid groups is 1. The van der Waals surface area contributed by atoms with E-state index in [0.29, 0.717) is 11.5 Å². The van der Waals surface area contributed by atoms with Crippen molar-refractivity contribution in [3.8, 4) is 33.8 Å². The molecule has 0 bridgehead atoms. The van der Waals surface area contributed by atoms with Crippen molar-refractivity contribution in [1.29, 1.82) is 0 Å². The lowest BCUT2D eigenvalue weighted by atomic mass is 9.71. The van der Waals surface area contributed by atoms with Gasteiger partial charge >= 0.3 is 7.82 Å². The molecule has 4 aromatic rings. The Morgan fingerprint density at radius 1 is 0.519 bits per heavy atom. The Morgan fingerprint density at radius 2 is 0.815 bits per heavy atom. The second-order valence-electron chi connectivity index (χ2n) is 22.2. The summed E-state index contributed by atoms with van der Waals surface area (Å²) in [5, 5.41) is 0. The molecule has 7 rings (SSSR count). The molecule has 0 saturated carbocycles. The first-order chi connectivity index (χ1) is 24.4. The van der Waals surface area contributed by atoms with Gasteiger partial charge in [-0.2, -0.15) is 0 Å². The van der Waals surface area contributed by atoms with E-state index in [1.54, 1.807) is 0 Å². The van der Waals surface area contributed by atoms with Crippen LogP contribution in [0, 0.1) is 0 Å². The van der Waals surface area contributed by atoms with Crippen LogP contribution in [-0.2, 0) is 42.5 Å². The van der Waals surface area contributed by atoms with Crippen molar-refractivity contribution in [3.63, 3.8) is 0 Å². The van der Waals surface area contributed by atoms with Crippen molar-refractivity contribution in [2.45, 2.75) is 162 Å². The smallest absolute Gasteiger partial charge is 0.394 e. The number of hydrogen-bond acceptors (Lipinski definition) is 3. The van der Waals surface area contributed by atoms with Gasteiger partial charge in [0.15, 0.2) is 0 Å². The van der Waals surface area contributed by atoms with E-state index in [9.17, 15) is 9.46 Å². The van der Waals surface area contributed by atoms with Crippen LogP contribution in [0.25, 0.3) is 22.3 Å². The number of hydrogen-bond donors (Lipinski definition) is 1. The predicted molar refractivity (Wildman–Crippen MR) is 226 cm³/mol. The van der Waals surface area contributed by atoms with Gasteiger partial charge in [0, 0.05) is 27.7 Å². The van der Waals surface area contributed by atoms with Crippen molar-refractivity contribution in [3.05, 3.63) is 105 Å². The van der Waals surface area contributed by atoms with E-state index >= 15 is 0 Å². The minimum atomic E-state index is -4.72. The Labute approximate surface area is 325 Å². The molecular formula is C49H63O4P. The largest absolute Gasteiger partial charge is 0.584 e. The van der Waals surface area contributed by atoms with Gasteiger partial charge in [-0.25, -0.2) is 4.57 Å². The minimum absolute atomic E-state index is 0.103. The summed E-state index contributed by atoms with van der Waals surface area (Å²) in [5.41, 5.74) is 11.6. The molecule has 0 atom stereocenters. The molecule has 0 saturated heterocycles. The van der Waals surface area contributed by atoms with Crippen LogP contribution in [0.5, 0.6) is 11.5 Å². The van der Waals surface area contributed by atoms with Crippen LogP contribution in [-0.4, -0.2) is 4.89 Å². The van der Waals surface area contributed by atoms with E-state index in [0.717, 1.165) is 46.2 Å². The van der Waals surface area contributed by atoms with Gasteiger partial charge < -0.3 is 9.05 Å². The van der Waals surface area contributed by atoms with E-state index in [1.807, 2.05) is 0 Å². The maximum Gasteiger partial charge on any atom is 0.584 e. The molecule has 1 heterocycles. The monoisotopic (exact) mass is 746 g/mol. The number of phosphoric ester groups is 1. The third-order valence-electron chi connectivity index (χ3n) is 12.6. The van der Waals surface area contributed by atoms with Crippen molar-refractivity contribution < 1.29 is 18.5 Å². The van der Waals surface area contributed by atoms with Gasteiger partial charge in [-0.3, -0.25) is 4.89 Å². The summed E-state index contributed by atoms with van der Waals surface area (Å²) in [6, 6.07) is 22.4. The third kappa shape index (κ3) is 6.28. The Morgan fingerprint density at radius 3 is 1.09 bits per heavy atom. The molecule has 1 spiro atoms. The highest BCUT2D eigenvalue weighted by Crippen LogP contribution is 2.71. The molecule has 2 aliphatic carbocycles. The first kappa shape index (κ1) is 38.9. The maximum atomic E-state index is 14.7. The van der Waals surface area contributed by atoms with Crippen LogP contribution in [0.2, 0.25) is 0 Å². The second-order valence-corrected chi connectivity index (χ2v) is 23.5. The zero-order chi connectivity index (χ0) is 40.0. The Bertz CT molecular complexity index is 2040. The second kappa shape index (κ2) is 11.6. The normalized spacial score (nSPS) is 19.3. The fraction of sp³-hybridized carbons (Fsp3) is 0.510. The first-order valence-corrected chi connectivity index (χ1v) is 21.4. The predicted octanol–water partition coefficient (Wildman–Crippen LogP) is 13.7. The molecular weight excluding hydrogens is 684 g/mol. The lowest BCUT2D eigenvalue weighted by Crippen LogP contribution is -2.29. The lowest BCUT2D eigenvalue weighted by Gasteiger charge is -2.36. The molecule has 0 radical (unpaired) electrons. The molecule has 288 valence electrons. The highest BCUT2D eigenvalue weighted by Gasteiger charge is 2.61. The van der Waals surface area contributed by atoms with E-state index in [4.69, 9.17) is 9.05 Å². The van der Waals surface area contributed by atoms with Crippen LogP contribution < -0.4 is 9.05 Å². The maximum absolute atomic E-state index is 14.7. The quantitative estimate of drug-likeness (QED) is 0.208. The summed E-state index contributed by atoms with van der Waals surface area (Å²) in [4.78, 5) is 12.0. The first-order valence-electron chi connectivity index (χ1n) is 19.9. The van der Waals surface area contributed by atoms with Gasteiger partial charge in [-0.15, -0.1) is 0 Å². The molecule has 0 aromatic heterocycles. The summed E-state index contributed by atoms with van der Waals surface area (Å²) in [6.45, 7) is 36.1. The van der Waals surface area contributed by atoms with Gasteiger partial charge in [0.1, 0.15) is 11.5 Å². The molecule has 54 heavy (non-hydrogen) atoms. The molecule has 3 aliphatic rings. The summed E-state index contributed by atoms with van der Waals surface area (Å²) in [6.07, 6.45) is 1.68. The Kier molecular flexibility index (Phi) is 8.37. The van der Waals surface area contributed by atoms with Crippen LogP contribution in [0.1, 0.15) is 168 Å². The highest BCUT2D eigenvalue weighted by atomic mass is 31.2. The Balaban J connectivity index is 1.60. The van der Waals surface area contributed by atoms with Gasteiger partial charge in [0.2, 0.25) is 0 Å². The van der Waals surface area contributed by atoms with E-state index in [2.05, 4.69) is 171 Å². The van der Waals surface area contributed by atoms with E-state index < -0.39 is 13.2 Å². The SMILES string of the molecule is CC(C)(C)c1cc(-c2ccc3c4c2OP(=O)(O)Oc2c(-c5cc(C(C)(C)C)cc(C(C)(C)C)c5)ccc5c2C4(CC3(C)C)CC5(C)C)cc(C(C)(C)C)c1. The summed E-state index contributed by atoms with van der Waals surface area (Å²) >= 11 is 0. The Hall–Kier alpha value is -3.33. The molecule has 0 amide bonds. The molecule has 1 N–H and O–H groups in total. The average molecular weight is 747 g/mol. The highest BCUT2D eigenvalue weighted by molar-refractivity contribution is 7.48. The molecule has 4 aromatic carbocycles. The number of rotatable bonds is 2. The van der Waals surface area contributed by atoms with E-state index in [-0.39, 0.29) is 32.5 Å². The van der Waals surface area contributed by atoms with Crippen molar-refractivity contribution in [2.24, 2.45) is 0 Å². The summed E-state index contributed by atoms with van der Waals surface area (Å²) < 4.78 is 27.8. The zero-order valence-corrected chi connectivity index (χ0v) is 36.7. The third-order valence-corrected chi connectivity index (χ3v) is 13.4. The van der Waals surface area contributed by atoms with Crippen LogP contribution >= 0.6 is 7.82 Å². The minimum Gasteiger partial charge on any atom is -0.394 e. The van der Waals surface area contributed by atoms with Gasteiger partial charge in [0.05, 0.1) is 0 Å². The molecule has 4 nitrogen and oxygen atoms in total. The van der Waals surface area contributed by atoms with Crippen molar-refractivity contribution in [2.75, 3.05) is 0 Å². The summed E-state index contributed by atoms with van der Waals surface area (Å²) in [5.74, 6) is 0.971. The average Bonchev–Trinajstić information content (AvgIpc) is 3.37. The van der Waals surface area contributed by atoms with Gasteiger partial charge in [-0.05, 0) is 89.8 Å². The van der Waals surface area contributed by atoms with Gasteiger partial charge in [0.25, 0.3) is 0 Å². The van der Waals surface area contributed by atoms with Crippen LogP contribution in [0.4, 0.5) is 0 Å².